The molecule has 6 nitrogen and oxygen atoms in total. The summed E-state index contributed by atoms with van der Waals surface area (Å²) in [5, 5.41) is 8.71. The van der Waals surface area contributed by atoms with Gasteiger partial charge in [0.2, 0.25) is 0 Å². The topological polar surface area (TPSA) is 85.1 Å². The van der Waals surface area contributed by atoms with Crippen molar-refractivity contribution in [1.82, 2.24) is 9.97 Å². The van der Waals surface area contributed by atoms with Crippen molar-refractivity contribution in [3.8, 4) is 11.8 Å². The lowest BCUT2D eigenvalue weighted by Gasteiger charge is -2.23. The van der Waals surface area contributed by atoms with E-state index in [4.69, 9.17) is 14.7 Å². The van der Waals surface area contributed by atoms with E-state index in [0.29, 0.717) is 17.8 Å². The van der Waals surface area contributed by atoms with Gasteiger partial charge in [0.05, 0.1) is 18.6 Å². The van der Waals surface area contributed by atoms with Gasteiger partial charge in [-0.15, -0.1) is 0 Å². The first-order valence-electron chi connectivity index (χ1n) is 7.73. The Hall–Kier alpha value is -2.94. The zero-order valence-electron chi connectivity index (χ0n) is 13.4. The van der Waals surface area contributed by atoms with Crippen LogP contribution < -0.4 is 4.74 Å². The molecule has 24 heavy (non-hydrogen) atoms. The molecular formula is C18H17N3O3. The maximum absolute atomic E-state index is 12.3. The van der Waals surface area contributed by atoms with E-state index in [2.05, 4.69) is 9.97 Å². The number of carbonyl (C=O) groups is 1. The molecule has 0 N–H and O–H groups in total. The highest BCUT2D eigenvalue weighted by Gasteiger charge is 2.26. The average molecular weight is 323 g/mol. The molecule has 3 rings (SSSR count). The summed E-state index contributed by atoms with van der Waals surface area (Å²) in [4.78, 5) is 20.3. The largest absolute Gasteiger partial charge is 0.497 e. The minimum atomic E-state index is -0.232. The summed E-state index contributed by atoms with van der Waals surface area (Å²) in [5.74, 6) is 0.852. The Kier molecular flexibility index (Phi) is 4.71. The number of hydrogen-bond donors (Lipinski definition) is 0. The Balaban J connectivity index is 1.58. The molecule has 0 saturated carbocycles. The summed E-state index contributed by atoms with van der Waals surface area (Å²) in [7, 11) is 1.65. The highest BCUT2D eigenvalue weighted by molar-refractivity contribution is 5.73. The maximum Gasteiger partial charge on any atom is 0.309 e. The Morgan fingerprint density at radius 1 is 1.33 bits per heavy atom. The molecule has 0 bridgehead atoms. The van der Waals surface area contributed by atoms with Gasteiger partial charge in [-0.3, -0.25) is 4.79 Å². The number of nitrogens with zero attached hydrogens (tertiary/aromatic N) is 3. The summed E-state index contributed by atoms with van der Waals surface area (Å²) >= 11 is 0. The number of nitriles is 1. The quantitative estimate of drug-likeness (QED) is 0.802. The fourth-order valence-electron chi connectivity index (χ4n) is 2.80. The van der Waals surface area contributed by atoms with Crippen LogP contribution in [0.2, 0.25) is 0 Å². The first-order chi connectivity index (χ1) is 11.7. The standard InChI is InChI=1S/C18H17N3O3/c1-23-16-5-4-13-6-15(3-2-14(13)7-16)18(22)24-11-17-20-9-12(8-19)10-21-17/h4-5,7,9-10,15H,2-3,6,11H2,1H3. The van der Waals surface area contributed by atoms with Gasteiger partial charge in [0.15, 0.2) is 12.4 Å². The van der Waals surface area contributed by atoms with E-state index >= 15 is 0 Å². The van der Waals surface area contributed by atoms with Gasteiger partial charge in [0.1, 0.15) is 11.8 Å². The Labute approximate surface area is 140 Å². The molecule has 1 atom stereocenters. The van der Waals surface area contributed by atoms with Gasteiger partial charge < -0.3 is 9.47 Å². The second-order valence-corrected chi connectivity index (χ2v) is 5.68. The Morgan fingerprint density at radius 2 is 2.12 bits per heavy atom. The van der Waals surface area contributed by atoms with Crippen LogP contribution >= 0.6 is 0 Å². The molecule has 1 aliphatic carbocycles. The molecule has 1 aromatic heterocycles. The second-order valence-electron chi connectivity index (χ2n) is 5.68. The number of ether oxygens (including phenoxy) is 2. The van der Waals surface area contributed by atoms with Gasteiger partial charge in [-0.2, -0.15) is 5.26 Å². The van der Waals surface area contributed by atoms with Crippen molar-refractivity contribution in [1.29, 1.82) is 5.26 Å². The summed E-state index contributed by atoms with van der Waals surface area (Å²) in [6, 6.07) is 7.90. The van der Waals surface area contributed by atoms with Gasteiger partial charge in [-0.25, -0.2) is 9.97 Å². The number of aromatic nitrogens is 2. The van der Waals surface area contributed by atoms with Crippen LogP contribution in [0.5, 0.6) is 5.75 Å². The molecule has 1 aromatic carbocycles. The van der Waals surface area contributed by atoms with E-state index in [-0.39, 0.29) is 18.5 Å². The molecule has 0 spiro atoms. The first kappa shape index (κ1) is 15.9. The number of rotatable bonds is 4. The van der Waals surface area contributed by atoms with E-state index in [1.165, 1.54) is 23.5 Å². The number of hydrogen-bond acceptors (Lipinski definition) is 6. The number of carbonyl (C=O) groups excluding carboxylic acids is 1. The van der Waals surface area contributed by atoms with Gasteiger partial charge in [-0.1, -0.05) is 6.07 Å². The van der Waals surface area contributed by atoms with Crippen molar-refractivity contribution in [2.45, 2.75) is 25.9 Å². The lowest BCUT2D eigenvalue weighted by atomic mass is 9.84. The van der Waals surface area contributed by atoms with Gasteiger partial charge in [0, 0.05) is 12.4 Å². The van der Waals surface area contributed by atoms with Gasteiger partial charge >= 0.3 is 5.97 Å². The molecule has 2 aromatic rings. The SMILES string of the molecule is COc1ccc2c(c1)CCC(C(=O)OCc1ncc(C#N)cn1)C2. The predicted octanol–water partition coefficient (Wildman–Crippen LogP) is 2.21. The van der Waals surface area contributed by atoms with Gasteiger partial charge in [0.25, 0.3) is 0 Å². The van der Waals surface area contributed by atoms with E-state index in [0.717, 1.165) is 18.6 Å². The van der Waals surface area contributed by atoms with Crippen molar-refractivity contribution in [3.05, 3.63) is 53.1 Å². The summed E-state index contributed by atoms with van der Waals surface area (Å²) in [5.41, 5.74) is 2.77. The Morgan fingerprint density at radius 3 is 2.83 bits per heavy atom. The van der Waals surface area contributed by atoms with Crippen molar-refractivity contribution in [3.63, 3.8) is 0 Å². The second kappa shape index (κ2) is 7.09. The van der Waals surface area contributed by atoms with Crippen LogP contribution in [0.4, 0.5) is 0 Å². The third-order valence-corrected chi connectivity index (χ3v) is 4.15. The number of methoxy groups -OCH3 is 1. The molecule has 0 saturated heterocycles. The molecule has 1 aliphatic rings. The molecular weight excluding hydrogens is 306 g/mol. The fraction of sp³-hybridized carbons (Fsp3) is 0.333. The molecule has 122 valence electrons. The zero-order valence-corrected chi connectivity index (χ0v) is 13.4. The van der Waals surface area contributed by atoms with Gasteiger partial charge in [-0.05, 0) is 42.5 Å². The lowest BCUT2D eigenvalue weighted by Crippen LogP contribution is -2.24. The highest BCUT2D eigenvalue weighted by atomic mass is 16.5. The Bertz CT molecular complexity index is 781. The van der Waals surface area contributed by atoms with E-state index in [9.17, 15) is 4.79 Å². The van der Waals surface area contributed by atoms with Crippen molar-refractivity contribution < 1.29 is 14.3 Å². The molecule has 0 aliphatic heterocycles. The fourth-order valence-corrected chi connectivity index (χ4v) is 2.80. The molecule has 1 heterocycles. The van der Waals surface area contributed by atoms with Crippen LogP contribution in [0.15, 0.2) is 30.6 Å². The zero-order chi connectivity index (χ0) is 16.9. The van der Waals surface area contributed by atoms with Crippen LogP contribution in [0, 0.1) is 17.2 Å². The third kappa shape index (κ3) is 3.51. The summed E-state index contributed by atoms with van der Waals surface area (Å²) in [6.07, 6.45) is 5.10. The minimum absolute atomic E-state index is 0.0243. The summed E-state index contributed by atoms with van der Waals surface area (Å²) < 4.78 is 10.6. The maximum atomic E-state index is 12.3. The van der Waals surface area contributed by atoms with Crippen LogP contribution in [-0.2, 0) is 29.0 Å². The van der Waals surface area contributed by atoms with E-state index < -0.39 is 0 Å². The molecule has 0 radical (unpaired) electrons. The number of aryl methyl sites for hydroxylation is 1. The van der Waals surface area contributed by atoms with Crippen LogP contribution in [0.1, 0.15) is 28.9 Å². The number of esters is 1. The molecule has 1 unspecified atom stereocenters. The normalized spacial score (nSPS) is 15.9. The summed E-state index contributed by atoms with van der Waals surface area (Å²) in [6.45, 7) is 0.0243. The highest BCUT2D eigenvalue weighted by Crippen LogP contribution is 2.29. The van der Waals surface area contributed by atoms with Crippen molar-refractivity contribution in [2.75, 3.05) is 7.11 Å². The minimum Gasteiger partial charge on any atom is -0.497 e. The first-order valence-corrected chi connectivity index (χ1v) is 7.73. The molecule has 0 fully saturated rings. The van der Waals surface area contributed by atoms with Crippen LogP contribution in [0.3, 0.4) is 0 Å². The monoisotopic (exact) mass is 323 g/mol. The van der Waals surface area contributed by atoms with E-state index in [1.807, 2.05) is 24.3 Å². The molecule has 6 heteroatoms. The smallest absolute Gasteiger partial charge is 0.309 e. The van der Waals surface area contributed by atoms with Crippen LogP contribution in [0.25, 0.3) is 0 Å². The number of fused-ring (bicyclic) bond motifs is 1. The van der Waals surface area contributed by atoms with E-state index in [1.54, 1.807) is 7.11 Å². The lowest BCUT2D eigenvalue weighted by molar-refractivity contribution is -0.150. The van der Waals surface area contributed by atoms with Crippen molar-refractivity contribution in [2.24, 2.45) is 5.92 Å². The van der Waals surface area contributed by atoms with Crippen molar-refractivity contribution >= 4 is 5.97 Å². The average Bonchev–Trinajstić information content (AvgIpc) is 2.65. The molecule has 0 amide bonds. The number of benzene rings is 1. The third-order valence-electron chi connectivity index (χ3n) is 4.15. The predicted molar refractivity (Wildman–Crippen MR) is 85.1 cm³/mol. The van der Waals surface area contributed by atoms with Crippen LogP contribution in [-0.4, -0.2) is 23.0 Å².